The van der Waals surface area contributed by atoms with Crippen molar-refractivity contribution in [2.75, 3.05) is 44.4 Å². The number of amides is 1. The lowest BCUT2D eigenvalue weighted by Crippen LogP contribution is -2.59. The van der Waals surface area contributed by atoms with Crippen molar-refractivity contribution in [1.29, 1.82) is 0 Å². The molecule has 1 aromatic rings. The second-order valence-corrected chi connectivity index (χ2v) is 7.80. The summed E-state index contributed by atoms with van der Waals surface area (Å²) in [4.78, 5) is 15.8. The smallest absolute Gasteiger partial charge is 0.225 e. The van der Waals surface area contributed by atoms with Crippen LogP contribution in [0.3, 0.4) is 0 Å². The Bertz CT molecular complexity index is 452. The van der Waals surface area contributed by atoms with Crippen LogP contribution < -0.4 is 5.32 Å². The maximum atomic E-state index is 12.1. The molecule has 1 aromatic heterocycles. The first-order chi connectivity index (χ1) is 10.3. The number of thioether (sulfide) groups is 1. The highest BCUT2D eigenvalue weighted by atomic mass is 32.2. The zero-order valence-electron chi connectivity index (χ0n) is 12.2. The number of morpholine rings is 1. The normalized spacial score (nSPS) is 26.9. The van der Waals surface area contributed by atoms with E-state index in [0.717, 1.165) is 49.9 Å². The monoisotopic (exact) mass is 326 g/mol. The number of nitrogens with zero attached hydrogens (tertiary/aromatic N) is 1. The Labute approximate surface area is 134 Å². The number of nitrogens with one attached hydrogen (secondary N) is 1. The average Bonchev–Trinajstić information content (AvgIpc) is 3.18. The van der Waals surface area contributed by atoms with Crippen LogP contribution in [0, 0.1) is 0 Å². The second-order valence-electron chi connectivity index (χ2n) is 5.66. The van der Waals surface area contributed by atoms with E-state index in [1.807, 2.05) is 29.3 Å². The molecule has 0 saturated carbocycles. The number of carbonyl (C=O) groups excluding carboxylic acids is 1. The Morgan fingerprint density at radius 1 is 1.43 bits per heavy atom. The fraction of sp³-hybridized carbons (Fsp3) is 0.667. The van der Waals surface area contributed by atoms with E-state index in [1.54, 1.807) is 11.3 Å². The van der Waals surface area contributed by atoms with Crippen molar-refractivity contribution < 1.29 is 9.53 Å². The molecule has 0 radical (unpaired) electrons. The standard InChI is InChI=1S/C15H22N2O2S2/c18-14(10-13-2-1-8-21-13)16-11-15(3-9-20-12-15)17-4-6-19-7-5-17/h1-2,8H,3-7,9-12H2,(H,16,18)/t15-/m0/s1. The minimum Gasteiger partial charge on any atom is -0.379 e. The molecule has 0 aliphatic carbocycles. The molecule has 0 bridgehead atoms. The van der Waals surface area contributed by atoms with Gasteiger partial charge in [0.2, 0.25) is 5.91 Å². The van der Waals surface area contributed by atoms with E-state index in [1.165, 1.54) is 5.75 Å². The molecule has 2 aliphatic heterocycles. The molecule has 3 rings (SSSR count). The van der Waals surface area contributed by atoms with Gasteiger partial charge < -0.3 is 10.1 Å². The minimum atomic E-state index is 0.138. The summed E-state index contributed by atoms with van der Waals surface area (Å²) < 4.78 is 5.47. The summed E-state index contributed by atoms with van der Waals surface area (Å²) in [6.07, 6.45) is 1.67. The Hall–Kier alpha value is -0.560. The van der Waals surface area contributed by atoms with Gasteiger partial charge in [-0.2, -0.15) is 11.8 Å². The maximum Gasteiger partial charge on any atom is 0.225 e. The highest BCUT2D eigenvalue weighted by molar-refractivity contribution is 7.99. The molecule has 6 heteroatoms. The first kappa shape index (κ1) is 15.3. The first-order valence-corrected chi connectivity index (χ1v) is 9.52. The molecule has 21 heavy (non-hydrogen) atoms. The van der Waals surface area contributed by atoms with Gasteiger partial charge >= 0.3 is 0 Å². The van der Waals surface area contributed by atoms with E-state index >= 15 is 0 Å². The molecule has 0 unspecified atom stereocenters. The zero-order chi connectivity index (χ0) is 14.5. The van der Waals surface area contributed by atoms with Crippen LogP contribution in [0.5, 0.6) is 0 Å². The van der Waals surface area contributed by atoms with Crippen molar-refractivity contribution in [3.8, 4) is 0 Å². The van der Waals surface area contributed by atoms with Crippen molar-refractivity contribution in [3.05, 3.63) is 22.4 Å². The van der Waals surface area contributed by atoms with Crippen LogP contribution in [0.4, 0.5) is 0 Å². The SMILES string of the molecule is O=C(Cc1cccs1)NC[C@@]1(N2CCOCC2)CCSC1. The molecular weight excluding hydrogens is 304 g/mol. The third-order valence-corrected chi connectivity index (χ3v) is 6.40. The van der Waals surface area contributed by atoms with Crippen LogP contribution in [0.25, 0.3) is 0 Å². The van der Waals surface area contributed by atoms with Crippen LogP contribution in [0.1, 0.15) is 11.3 Å². The largest absolute Gasteiger partial charge is 0.379 e. The lowest BCUT2D eigenvalue weighted by atomic mass is 9.95. The molecule has 1 atom stereocenters. The predicted octanol–water partition coefficient (Wildman–Crippen LogP) is 1.61. The topological polar surface area (TPSA) is 41.6 Å². The van der Waals surface area contributed by atoms with Gasteiger partial charge in [-0.25, -0.2) is 0 Å². The van der Waals surface area contributed by atoms with Gasteiger partial charge in [0.1, 0.15) is 0 Å². The van der Waals surface area contributed by atoms with Crippen LogP contribution in [-0.2, 0) is 16.0 Å². The van der Waals surface area contributed by atoms with E-state index in [2.05, 4.69) is 10.2 Å². The molecule has 0 spiro atoms. The zero-order valence-corrected chi connectivity index (χ0v) is 13.8. The lowest BCUT2D eigenvalue weighted by molar-refractivity contribution is -0.121. The van der Waals surface area contributed by atoms with Gasteiger partial charge in [0.25, 0.3) is 0 Å². The van der Waals surface area contributed by atoms with Crippen LogP contribution in [0.15, 0.2) is 17.5 Å². The van der Waals surface area contributed by atoms with E-state index < -0.39 is 0 Å². The van der Waals surface area contributed by atoms with Gasteiger partial charge in [-0.3, -0.25) is 9.69 Å². The number of thiophene rings is 1. The van der Waals surface area contributed by atoms with Crippen LogP contribution in [0.2, 0.25) is 0 Å². The van der Waals surface area contributed by atoms with Crippen LogP contribution in [-0.4, -0.2) is 60.7 Å². The number of ether oxygens (including phenoxy) is 1. The fourth-order valence-electron chi connectivity index (χ4n) is 3.03. The number of hydrogen-bond donors (Lipinski definition) is 1. The first-order valence-electron chi connectivity index (χ1n) is 7.48. The third-order valence-electron chi connectivity index (χ3n) is 4.29. The van der Waals surface area contributed by atoms with E-state index in [0.29, 0.717) is 6.42 Å². The molecule has 0 aromatic carbocycles. The summed E-state index contributed by atoms with van der Waals surface area (Å²) in [6.45, 7) is 4.37. The van der Waals surface area contributed by atoms with Gasteiger partial charge in [-0.05, 0) is 23.6 Å². The van der Waals surface area contributed by atoms with Crippen molar-refractivity contribution in [2.45, 2.75) is 18.4 Å². The van der Waals surface area contributed by atoms with Gasteiger partial charge in [0, 0.05) is 35.8 Å². The van der Waals surface area contributed by atoms with Crippen molar-refractivity contribution in [2.24, 2.45) is 0 Å². The summed E-state index contributed by atoms with van der Waals surface area (Å²) in [5.74, 6) is 2.45. The highest BCUT2D eigenvalue weighted by Crippen LogP contribution is 2.33. The Balaban J connectivity index is 1.56. The van der Waals surface area contributed by atoms with E-state index in [-0.39, 0.29) is 11.4 Å². The van der Waals surface area contributed by atoms with Gasteiger partial charge in [-0.1, -0.05) is 6.07 Å². The lowest BCUT2D eigenvalue weighted by Gasteiger charge is -2.43. The van der Waals surface area contributed by atoms with E-state index in [4.69, 9.17) is 4.74 Å². The van der Waals surface area contributed by atoms with Gasteiger partial charge in [0.15, 0.2) is 0 Å². The molecule has 2 fully saturated rings. The number of rotatable bonds is 5. The number of hydrogen-bond acceptors (Lipinski definition) is 5. The summed E-state index contributed by atoms with van der Waals surface area (Å²) >= 11 is 3.64. The van der Waals surface area contributed by atoms with Gasteiger partial charge in [0.05, 0.1) is 19.6 Å². The molecular formula is C15H22N2O2S2. The molecule has 1 N–H and O–H groups in total. The summed E-state index contributed by atoms with van der Waals surface area (Å²) in [7, 11) is 0. The van der Waals surface area contributed by atoms with Crippen molar-refractivity contribution in [1.82, 2.24) is 10.2 Å². The molecule has 116 valence electrons. The van der Waals surface area contributed by atoms with E-state index in [9.17, 15) is 4.79 Å². The maximum absolute atomic E-state index is 12.1. The minimum absolute atomic E-state index is 0.138. The average molecular weight is 326 g/mol. The van der Waals surface area contributed by atoms with Gasteiger partial charge in [-0.15, -0.1) is 11.3 Å². The predicted molar refractivity (Wildman–Crippen MR) is 88.1 cm³/mol. The summed E-state index contributed by atoms with van der Waals surface area (Å²) in [6, 6.07) is 4.02. The molecule has 1 amide bonds. The molecule has 4 nitrogen and oxygen atoms in total. The summed E-state index contributed by atoms with van der Waals surface area (Å²) in [5, 5.41) is 5.19. The molecule has 3 heterocycles. The van der Waals surface area contributed by atoms with Crippen molar-refractivity contribution >= 4 is 29.0 Å². The fourth-order valence-corrected chi connectivity index (χ4v) is 5.21. The Kier molecular flexibility index (Phi) is 5.21. The Morgan fingerprint density at radius 3 is 2.95 bits per heavy atom. The molecule has 2 saturated heterocycles. The third kappa shape index (κ3) is 3.80. The quantitative estimate of drug-likeness (QED) is 0.893. The molecule has 2 aliphatic rings. The Morgan fingerprint density at radius 2 is 2.29 bits per heavy atom. The second kappa shape index (κ2) is 7.13. The van der Waals surface area contributed by atoms with Crippen molar-refractivity contribution in [3.63, 3.8) is 0 Å². The van der Waals surface area contributed by atoms with Crippen LogP contribution >= 0.6 is 23.1 Å². The summed E-state index contributed by atoms with van der Waals surface area (Å²) in [5.41, 5.74) is 0.138. The number of carbonyl (C=O) groups is 1. The highest BCUT2D eigenvalue weighted by Gasteiger charge is 2.40.